The number of pyridine rings is 1. The zero-order valence-corrected chi connectivity index (χ0v) is 8.82. The Morgan fingerprint density at radius 1 is 1.57 bits per heavy atom. The molecule has 1 aromatic heterocycles. The molecule has 0 spiro atoms. The third kappa shape index (κ3) is 2.17. The molecule has 0 atom stereocenters. The summed E-state index contributed by atoms with van der Waals surface area (Å²) in [5, 5.41) is 0.0859. The molecule has 78 valence electrons. The van der Waals surface area contributed by atoms with Gasteiger partial charge in [-0.25, -0.2) is 18.2 Å². The first-order valence-electron chi connectivity index (χ1n) is 3.67. The van der Waals surface area contributed by atoms with Crippen LogP contribution in [0.3, 0.4) is 0 Å². The number of alkyl halides is 3. The Morgan fingerprint density at radius 2 is 2.21 bits per heavy atom. The third-order valence-electron chi connectivity index (χ3n) is 1.59. The highest BCUT2D eigenvalue weighted by Crippen LogP contribution is 2.28. The Hall–Kier alpha value is -0.780. The Kier molecular flexibility index (Phi) is 3.74. The van der Waals surface area contributed by atoms with Crippen LogP contribution in [0, 0.1) is 5.82 Å². The summed E-state index contributed by atoms with van der Waals surface area (Å²) in [6, 6.07) is 0.908. The van der Waals surface area contributed by atoms with E-state index in [9.17, 15) is 13.2 Å². The fourth-order valence-electron chi connectivity index (χ4n) is 0.940. The largest absolute Gasteiger partial charge is 0.495 e. The molecular formula is C8H7BrF3NO. The molecule has 0 saturated heterocycles. The Labute approximate surface area is 87.2 Å². The molecular weight excluding hydrogens is 263 g/mol. The number of ether oxygens (including phenoxy) is 1. The lowest BCUT2D eigenvalue weighted by atomic mass is 10.3. The van der Waals surface area contributed by atoms with E-state index in [4.69, 9.17) is 0 Å². The zero-order chi connectivity index (χ0) is 10.7. The third-order valence-corrected chi connectivity index (χ3v) is 2.13. The second-order valence-electron chi connectivity index (χ2n) is 2.44. The van der Waals surface area contributed by atoms with Crippen LogP contribution in [-0.2, 0) is 5.33 Å². The monoisotopic (exact) mass is 269 g/mol. The lowest BCUT2D eigenvalue weighted by Gasteiger charge is -2.08. The summed E-state index contributed by atoms with van der Waals surface area (Å²) in [6.07, 6.45) is -2.77. The molecule has 0 saturated carbocycles. The average Bonchev–Trinajstić information content (AvgIpc) is 2.16. The molecule has 1 rings (SSSR count). The van der Waals surface area contributed by atoms with Crippen LogP contribution >= 0.6 is 15.9 Å². The van der Waals surface area contributed by atoms with Gasteiger partial charge in [-0.05, 0) is 0 Å². The van der Waals surface area contributed by atoms with Gasteiger partial charge in [0.15, 0.2) is 0 Å². The van der Waals surface area contributed by atoms with Crippen LogP contribution in [0.4, 0.5) is 13.2 Å². The molecule has 0 fully saturated rings. The quantitative estimate of drug-likeness (QED) is 0.787. The van der Waals surface area contributed by atoms with Crippen molar-refractivity contribution in [1.82, 2.24) is 4.98 Å². The van der Waals surface area contributed by atoms with E-state index in [-0.39, 0.29) is 16.8 Å². The van der Waals surface area contributed by atoms with Gasteiger partial charge in [-0.1, -0.05) is 15.9 Å². The molecule has 0 aliphatic carbocycles. The average molecular weight is 270 g/mol. The van der Waals surface area contributed by atoms with Crippen molar-refractivity contribution in [3.05, 3.63) is 23.3 Å². The molecule has 0 bridgehead atoms. The van der Waals surface area contributed by atoms with E-state index in [1.54, 1.807) is 0 Å². The lowest BCUT2D eigenvalue weighted by Crippen LogP contribution is -2.02. The summed E-state index contributed by atoms with van der Waals surface area (Å²) in [4.78, 5) is 3.46. The van der Waals surface area contributed by atoms with E-state index in [0.717, 1.165) is 6.07 Å². The van der Waals surface area contributed by atoms with Crippen LogP contribution < -0.4 is 4.74 Å². The zero-order valence-electron chi connectivity index (χ0n) is 7.23. The van der Waals surface area contributed by atoms with Gasteiger partial charge in [0.2, 0.25) is 0 Å². The maximum atomic E-state index is 13.1. The van der Waals surface area contributed by atoms with Gasteiger partial charge in [0.1, 0.15) is 17.3 Å². The van der Waals surface area contributed by atoms with Gasteiger partial charge in [0.25, 0.3) is 6.43 Å². The molecule has 6 heteroatoms. The van der Waals surface area contributed by atoms with Crippen molar-refractivity contribution in [3.8, 4) is 5.75 Å². The molecule has 2 nitrogen and oxygen atoms in total. The lowest BCUT2D eigenvalue weighted by molar-refractivity contribution is 0.141. The number of aromatic nitrogens is 1. The molecule has 1 aromatic rings. The summed E-state index contributed by atoms with van der Waals surface area (Å²) in [5.41, 5.74) is -0.593. The van der Waals surface area contributed by atoms with Crippen molar-refractivity contribution in [1.29, 1.82) is 0 Å². The molecule has 0 amide bonds. The minimum Gasteiger partial charge on any atom is -0.495 e. The summed E-state index contributed by atoms with van der Waals surface area (Å²) >= 11 is 2.95. The highest BCUT2D eigenvalue weighted by Gasteiger charge is 2.19. The first-order valence-corrected chi connectivity index (χ1v) is 4.79. The number of rotatable bonds is 3. The van der Waals surface area contributed by atoms with E-state index in [2.05, 4.69) is 25.7 Å². The van der Waals surface area contributed by atoms with Crippen molar-refractivity contribution in [3.63, 3.8) is 0 Å². The number of halogens is 4. The SMILES string of the molecule is COc1cc(F)c(CBr)nc1C(F)F. The summed E-state index contributed by atoms with van der Waals surface area (Å²) < 4.78 is 42.4. The highest BCUT2D eigenvalue weighted by molar-refractivity contribution is 9.08. The summed E-state index contributed by atoms with van der Waals surface area (Å²) in [6.45, 7) is 0. The molecule has 0 radical (unpaired) electrons. The van der Waals surface area contributed by atoms with E-state index in [0.29, 0.717) is 0 Å². The van der Waals surface area contributed by atoms with Crippen LogP contribution in [0.15, 0.2) is 6.07 Å². The molecule has 0 unspecified atom stereocenters. The van der Waals surface area contributed by atoms with Gasteiger partial charge in [-0.15, -0.1) is 0 Å². The normalized spacial score (nSPS) is 10.7. The predicted octanol–water partition coefficient (Wildman–Crippen LogP) is 3.06. The molecule has 1 heterocycles. The van der Waals surface area contributed by atoms with Gasteiger partial charge < -0.3 is 4.74 Å². The van der Waals surface area contributed by atoms with Crippen molar-refractivity contribution in [2.75, 3.05) is 7.11 Å². The standard InChI is InChI=1S/C8H7BrF3NO/c1-14-6-2-4(10)5(3-9)13-7(6)8(11)12/h2,8H,3H2,1H3. The predicted molar refractivity (Wildman–Crippen MR) is 48.3 cm³/mol. The Balaban J connectivity index is 3.25. The van der Waals surface area contributed by atoms with E-state index in [1.807, 2.05) is 0 Å². The number of nitrogens with zero attached hydrogens (tertiary/aromatic N) is 1. The van der Waals surface area contributed by atoms with Gasteiger partial charge in [-0.3, -0.25) is 0 Å². The minimum atomic E-state index is -2.77. The van der Waals surface area contributed by atoms with Gasteiger partial charge in [-0.2, -0.15) is 0 Å². The van der Waals surface area contributed by atoms with E-state index < -0.39 is 17.9 Å². The molecule has 0 aliphatic rings. The summed E-state index contributed by atoms with van der Waals surface area (Å²) in [5.74, 6) is -0.898. The smallest absolute Gasteiger partial charge is 0.284 e. The van der Waals surface area contributed by atoms with Crippen LogP contribution in [-0.4, -0.2) is 12.1 Å². The topological polar surface area (TPSA) is 22.1 Å². The second-order valence-corrected chi connectivity index (χ2v) is 3.00. The Morgan fingerprint density at radius 3 is 2.64 bits per heavy atom. The highest BCUT2D eigenvalue weighted by atomic mass is 79.9. The molecule has 14 heavy (non-hydrogen) atoms. The maximum Gasteiger partial charge on any atom is 0.284 e. The van der Waals surface area contributed by atoms with E-state index >= 15 is 0 Å². The van der Waals surface area contributed by atoms with Gasteiger partial charge in [0.05, 0.1) is 12.8 Å². The fraction of sp³-hybridized carbons (Fsp3) is 0.375. The summed E-state index contributed by atoms with van der Waals surface area (Å²) in [7, 11) is 1.19. The molecule has 0 N–H and O–H groups in total. The molecule has 0 aromatic carbocycles. The number of hydrogen-bond acceptors (Lipinski definition) is 2. The van der Waals surface area contributed by atoms with Crippen molar-refractivity contribution < 1.29 is 17.9 Å². The van der Waals surface area contributed by atoms with Crippen LogP contribution in [0.2, 0.25) is 0 Å². The van der Waals surface area contributed by atoms with Crippen molar-refractivity contribution in [2.45, 2.75) is 11.8 Å². The van der Waals surface area contributed by atoms with Gasteiger partial charge >= 0.3 is 0 Å². The van der Waals surface area contributed by atoms with Crippen LogP contribution in [0.5, 0.6) is 5.75 Å². The Bertz CT molecular complexity index is 333. The number of hydrogen-bond donors (Lipinski definition) is 0. The maximum absolute atomic E-state index is 13.1. The fourth-order valence-corrected chi connectivity index (χ4v) is 1.33. The van der Waals surface area contributed by atoms with Crippen LogP contribution in [0.25, 0.3) is 0 Å². The van der Waals surface area contributed by atoms with Crippen LogP contribution in [0.1, 0.15) is 17.8 Å². The number of methoxy groups -OCH3 is 1. The van der Waals surface area contributed by atoms with Crippen molar-refractivity contribution in [2.24, 2.45) is 0 Å². The van der Waals surface area contributed by atoms with E-state index in [1.165, 1.54) is 7.11 Å². The first kappa shape index (κ1) is 11.3. The second kappa shape index (κ2) is 4.63. The van der Waals surface area contributed by atoms with Crippen molar-refractivity contribution >= 4 is 15.9 Å². The minimum absolute atomic E-state index is 0.0545. The van der Waals surface area contributed by atoms with Gasteiger partial charge in [0, 0.05) is 11.4 Å². The molecule has 0 aliphatic heterocycles. The first-order chi connectivity index (χ1) is 6.60.